The molecule has 3 aromatic carbocycles. The molecule has 43 heavy (non-hydrogen) atoms. The number of amides is 4. The molecular formula is C29H27ClN8O5. The van der Waals surface area contributed by atoms with Crippen molar-refractivity contribution >= 4 is 52.9 Å². The number of halogens is 1. The molecule has 0 aliphatic rings. The summed E-state index contributed by atoms with van der Waals surface area (Å²) in [7, 11) is 0. The van der Waals surface area contributed by atoms with E-state index >= 15 is 0 Å². The van der Waals surface area contributed by atoms with E-state index in [0.717, 1.165) is 5.56 Å². The van der Waals surface area contributed by atoms with E-state index in [0.29, 0.717) is 27.6 Å². The number of rotatable bonds is 12. The minimum atomic E-state index is -1.02. The Morgan fingerprint density at radius 1 is 0.953 bits per heavy atom. The van der Waals surface area contributed by atoms with E-state index in [-0.39, 0.29) is 19.4 Å². The number of aliphatic carboxylic acids is 1. The maximum Gasteiger partial charge on any atom is 0.319 e. The third kappa shape index (κ3) is 9.50. The number of hydrogen-bond donors (Lipinski definition) is 5. The predicted octanol–water partition coefficient (Wildman–Crippen LogP) is 3.29. The van der Waals surface area contributed by atoms with Crippen molar-refractivity contribution in [2.24, 2.45) is 0 Å². The van der Waals surface area contributed by atoms with Gasteiger partial charge >= 0.3 is 12.0 Å². The second-order valence-corrected chi connectivity index (χ2v) is 9.57. The Morgan fingerprint density at radius 2 is 1.67 bits per heavy atom. The molecule has 4 rings (SSSR count). The average Bonchev–Trinajstić information content (AvgIpc) is 3.52. The Hall–Kier alpha value is -5.56. The summed E-state index contributed by atoms with van der Waals surface area (Å²) < 4.78 is 1.44. The standard InChI is InChI=1S/C29H27ClN8O5/c30-21-7-12-25(38-18-32-36-37-38)20(17-21)6-13-26(39)35-24(16-19-4-2-1-3-5-19)28(42)33-22-8-10-23(11-9-22)34-29(43)31-15-14-27(40)41/h1-13,17-18,24H,14-16H2,(H,33,42)(H,35,39)(H,40,41)(H2,31,34,43)/t24-/m0/s1. The number of nitrogens with zero attached hydrogens (tertiary/aromatic N) is 4. The topological polar surface area (TPSA) is 180 Å². The van der Waals surface area contributed by atoms with Crippen LogP contribution >= 0.6 is 11.6 Å². The number of carboxylic acids is 1. The molecule has 0 aliphatic carbocycles. The predicted molar refractivity (Wildman–Crippen MR) is 160 cm³/mol. The molecule has 0 fully saturated rings. The molecule has 1 heterocycles. The van der Waals surface area contributed by atoms with E-state index in [1.165, 1.54) is 17.1 Å². The van der Waals surface area contributed by atoms with Gasteiger partial charge in [0, 0.05) is 41.0 Å². The van der Waals surface area contributed by atoms with Gasteiger partial charge in [-0.15, -0.1) is 5.10 Å². The highest BCUT2D eigenvalue weighted by Gasteiger charge is 2.21. The quantitative estimate of drug-likeness (QED) is 0.153. The number of carbonyl (C=O) groups is 4. The summed E-state index contributed by atoms with van der Waals surface area (Å²) in [6.07, 6.45) is 4.30. The highest BCUT2D eigenvalue weighted by molar-refractivity contribution is 6.30. The lowest BCUT2D eigenvalue weighted by atomic mass is 10.0. The molecule has 220 valence electrons. The van der Waals surface area contributed by atoms with Crippen molar-refractivity contribution in [3.63, 3.8) is 0 Å². The van der Waals surface area contributed by atoms with Crippen molar-refractivity contribution in [3.05, 3.63) is 101 Å². The summed E-state index contributed by atoms with van der Waals surface area (Å²) in [4.78, 5) is 48.8. The molecule has 0 saturated heterocycles. The zero-order chi connectivity index (χ0) is 30.6. The van der Waals surface area contributed by atoms with Crippen LogP contribution < -0.4 is 21.3 Å². The van der Waals surface area contributed by atoms with Crippen LogP contribution in [0, 0.1) is 0 Å². The zero-order valence-corrected chi connectivity index (χ0v) is 23.4. The van der Waals surface area contributed by atoms with Crippen LogP contribution in [0.3, 0.4) is 0 Å². The number of anilines is 2. The fraction of sp³-hybridized carbons (Fsp3) is 0.138. The molecule has 0 bridgehead atoms. The highest BCUT2D eigenvalue weighted by atomic mass is 35.5. The Kier molecular flexibility index (Phi) is 10.5. The monoisotopic (exact) mass is 602 g/mol. The van der Waals surface area contributed by atoms with Gasteiger partial charge in [0.25, 0.3) is 0 Å². The molecule has 0 unspecified atom stereocenters. The average molecular weight is 603 g/mol. The van der Waals surface area contributed by atoms with Crippen molar-refractivity contribution in [2.75, 3.05) is 17.2 Å². The van der Waals surface area contributed by atoms with Crippen molar-refractivity contribution in [1.82, 2.24) is 30.8 Å². The van der Waals surface area contributed by atoms with Crippen LogP contribution in [0.25, 0.3) is 11.8 Å². The van der Waals surface area contributed by atoms with Gasteiger partial charge in [-0.2, -0.15) is 4.68 Å². The lowest BCUT2D eigenvalue weighted by molar-refractivity contribution is -0.136. The lowest BCUT2D eigenvalue weighted by Crippen LogP contribution is -2.44. The number of benzene rings is 3. The van der Waals surface area contributed by atoms with E-state index in [1.54, 1.807) is 48.5 Å². The minimum Gasteiger partial charge on any atom is -0.481 e. The lowest BCUT2D eigenvalue weighted by Gasteiger charge is -2.18. The number of carbonyl (C=O) groups excluding carboxylic acids is 3. The fourth-order valence-corrected chi connectivity index (χ4v) is 4.09. The molecule has 0 saturated carbocycles. The number of nitrogens with one attached hydrogen (secondary N) is 4. The summed E-state index contributed by atoms with van der Waals surface area (Å²) in [5.41, 5.74) is 2.91. The summed E-state index contributed by atoms with van der Waals surface area (Å²) in [5.74, 6) is -1.98. The second-order valence-electron chi connectivity index (χ2n) is 9.13. The SMILES string of the molecule is O=C(O)CCNC(=O)Nc1ccc(NC(=O)[C@H](Cc2ccccc2)NC(=O)C=Cc2cc(Cl)ccc2-n2cnnn2)cc1. The fourth-order valence-electron chi connectivity index (χ4n) is 3.91. The van der Waals surface area contributed by atoms with Crippen molar-refractivity contribution < 1.29 is 24.3 Å². The van der Waals surface area contributed by atoms with E-state index in [1.807, 2.05) is 30.3 Å². The Labute approximate surface area is 250 Å². The summed E-state index contributed by atoms with van der Waals surface area (Å²) >= 11 is 6.16. The van der Waals surface area contributed by atoms with Gasteiger partial charge in [0.1, 0.15) is 12.4 Å². The van der Waals surface area contributed by atoms with Crippen LogP contribution in [-0.4, -0.2) is 61.7 Å². The summed E-state index contributed by atoms with van der Waals surface area (Å²) in [6, 6.07) is 19.2. The van der Waals surface area contributed by atoms with Gasteiger partial charge in [0.05, 0.1) is 12.1 Å². The first-order valence-electron chi connectivity index (χ1n) is 13.0. The van der Waals surface area contributed by atoms with E-state index in [4.69, 9.17) is 16.7 Å². The van der Waals surface area contributed by atoms with Gasteiger partial charge in [-0.1, -0.05) is 41.9 Å². The Morgan fingerprint density at radius 3 is 2.35 bits per heavy atom. The Bertz CT molecular complexity index is 1600. The smallest absolute Gasteiger partial charge is 0.319 e. The number of urea groups is 1. The third-order valence-electron chi connectivity index (χ3n) is 5.95. The van der Waals surface area contributed by atoms with E-state index in [9.17, 15) is 19.2 Å². The van der Waals surface area contributed by atoms with Gasteiger partial charge in [0.2, 0.25) is 11.8 Å². The minimum absolute atomic E-state index is 0.0153. The molecule has 0 spiro atoms. The molecule has 13 nitrogen and oxygen atoms in total. The van der Waals surface area contributed by atoms with Crippen LogP contribution in [0.5, 0.6) is 0 Å². The molecule has 5 N–H and O–H groups in total. The summed E-state index contributed by atoms with van der Waals surface area (Å²) in [5, 5.41) is 30.9. The maximum atomic E-state index is 13.3. The molecule has 0 radical (unpaired) electrons. The van der Waals surface area contributed by atoms with Crippen molar-refractivity contribution in [2.45, 2.75) is 18.9 Å². The largest absolute Gasteiger partial charge is 0.481 e. The van der Waals surface area contributed by atoms with E-state index < -0.39 is 29.9 Å². The van der Waals surface area contributed by atoms with Gasteiger partial charge in [-0.25, -0.2) is 4.79 Å². The molecular weight excluding hydrogens is 576 g/mol. The normalized spacial score (nSPS) is 11.5. The van der Waals surface area contributed by atoms with E-state index in [2.05, 4.69) is 36.8 Å². The van der Waals surface area contributed by atoms with Gasteiger partial charge in [-0.3, -0.25) is 14.4 Å². The first kappa shape index (κ1) is 30.4. The zero-order valence-electron chi connectivity index (χ0n) is 22.6. The van der Waals surface area contributed by atoms with Crippen LogP contribution in [0.15, 0.2) is 85.2 Å². The molecule has 1 atom stereocenters. The van der Waals surface area contributed by atoms with Gasteiger partial charge in [0.15, 0.2) is 0 Å². The van der Waals surface area contributed by atoms with Crippen LogP contribution in [-0.2, 0) is 20.8 Å². The van der Waals surface area contributed by atoms with Crippen LogP contribution in [0.4, 0.5) is 16.2 Å². The summed E-state index contributed by atoms with van der Waals surface area (Å²) in [6.45, 7) is -0.0153. The van der Waals surface area contributed by atoms with Crippen LogP contribution in [0.2, 0.25) is 5.02 Å². The third-order valence-corrected chi connectivity index (χ3v) is 6.19. The number of aromatic nitrogens is 4. The van der Waals surface area contributed by atoms with Gasteiger partial charge < -0.3 is 26.4 Å². The molecule has 4 amide bonds. The number of tetrazole rings is 1. The molecule has 14 heteroatoms. The molecule has 0 aliphatic heterocycles. The van der Waals surface area contributed by atoms with Crippen molar-refractivity contribution in [3.8, 4) is 5.69 Å². The maximum absolute atomic E-state index is 13.3. The number of hydrogen-bond acceptors (Lipinski definition) is 7. The molecule has 4 aromatic rings. The second kappa shape index (κ2) is 14.9. The first-order chi connectivity index (χ1) is 20.8. The number of carboxylic acid groups (broad SMARTS) is 1. The van der Waals surface area contributed by atoms with Gasteiger partial charge in [-0.05, 0) is 64.5 Å². The highest BCUT2D eigenvalue weighted by Crippen LogP contribution is 2.20. The van der Waals surface area contributed by atoms with Crippen LogP contribution in [0.1, 0.15) is 17.5 Å². The van der Waals surface area contributed by atoms with Crippen molar-refractivity contribution in [1.29, 1.82) is 0 Å². The molecule has 1 aromatic heterocycles. The Balaban J connectivity index is 1.43. The first-order valence-corrected chi connectivity index (χ1v) is 13.4.